The number of hydrogen-bond acceptors (Lipinski definition) is 3. The molecule has 0 aliphatic carbocycles. The van der Waals surface area contributed by atoms with Gasteiger partial charge in [0.15, 0.2) is 0 Å². The smallest absolute Gasteiger partial charge is 0.123 e. The summed E-state index contributed by atoms with van der Waals surface area (Å²) in [5.74, 6) is -0.233. The molecule has 0 amide bonds. The molecule has 1 aromatic carbocycles. The lowest BCUT2D eigenvalue weighted by atomic mass is 9.98. The summed E-state index contributed by atoms with van der Waals surface area (Å²) in [4.78, 5) is 2.31. The second-order valence-corrected chi connectivity index (χ2v) is 5.74. The number of halogens is 1. The standard InChI is InChI=1S/C15H23FN2O/c1-15(19)5-2-7-18(8-6-15)11-12-3-4-14(16)9-13(12)10-17/h3-4,9,19H,2,5-8,10-11,17H2,1H3. The van der Waals surface area contributed by atoms with Gasteiger partial charge in [-0.15, -0.1) is 0 Å². The van der Waals surface area contributed by atoms with Gasteiger partial charge in [-0.05, 0) is 56.0 Å². The van der Waals surface area contributed by atoms with Crippen LogP contribution in [0.4, 0.5) is 4.39 Å². The molecule has 4 heteroatoms. The van der Waals surface area contributed by atoms with E-state index in [2.05, 4.69) is 4.90 Å². The topological polar surface area (TPSA) is 49.5 Å². The first kappa shape index (κ1) is 14.4. The number of nitrogens with zero attached hydrogens (tertiary/aromatic N) is 1. The maximum Gasteiger partial charge on any atom is 0.123 e. The molecule has 2 rings (SSSR count). The molecule has 1 aromatic rings. The third-order valence-electron chi connectivity index (χ3n) is 3.94. The summed E-state index contributed by atoms with van der Waals surface area (Å²) in [5.41, 5.74) is 7.09. The molecule has 19 heavy (non-hydrogen) atoms. The molecule has 0 aromatic heterocycles. The minimum atomic E-state index is -0.547. The van der Waals surface area contributed by atoms with Crippen LogP contribution in [0.3, 0.4) is 0 Å². The highest BCUT2D eigenvalue weighted by molar-refractivity contribution is 5.27. The van der Waals surface area contributed by atoms with Crippen LogP contribution in [-0.4, -0.2) is 28.7 Å². The SMILES string of the molecule is CC1(O)CCCN(Cc2ccc(F)cc2CN)CC1. The Morgan fingerprint density at radius 2 is 2.11 bits per heavy atom. The van der Waals surface area contributed by atoms with Crippen LogP contribution in [0.25, 0.3) is 0 Å². The van der Waals surface area contributed by atoms with E-state index in [0.717, 1.165) is 50.0 Å². The number of nitrogens with two attached hydrogens (primary N) is 1. The fourth-order valence-corrected chi connectivity index (χ4v) is 2.66. The summed E-state index contributed by atoms with van der Waals surface area (Å²) in [6, 6.07) is 4.83. The van der Waals surface area contributed by atoms with Gasteiger partial charge in [0.1, 0.15) is 5.82 Å². The Kier molecular flexibility index (Phi) is 4.55. The maximum atomic E-state index is 13.2. The highest BCUT2D eigenvalue weighted by atomic mass is 19.1. The van der Waals surface area contributed by atoms with Crippen molar-refractivity contribution in [2.45, 2.75) is 44.9 Å². The zero-order chi connectivity index (χ0) is 13.9. The second kappa shape index (κ2) is 5.99. The molecule has 0 bridgehead atoms. The Morgan fingerprint density at radius 3 is 2.84 bits per heavy atom. The van der Waals surface area contributed by atoms with Crippen LogP contribution in [0.15, 0.2) is 18.2 Å². The molecule has 3 nitrogen and oxygen atoms in total. The van der Waals surface area contributed by atoms with Gasteiger partial charge >= 0.3 is 0 Å². The Hall–Kier alpha value is -0.970. The van der Waals surface area contributed by atoms with Crippen LogP contribution in [0, 0.1) is 5.82 Å². The van der Waals surface area contributed by atoms with E-state index in [1.165, 1.54) is 12.1 Å². The molecule has 1 aliphatic rings. The number of aliphatic hydroxyl groups is 1. The van der Waals surface area contributed by atoms with E-state index >= 15 is 0 Å². The summed E-state index contributed by atoms with van der Waals surface area (Å²) in [5, 5.41) is 10.1. The third kappa shape index (κ3) is 4.00. The number of likely N-dealkylation sites (tertiary alicyclic amines) is 1. The van der Waals surface area contributed by atoms with Crippen LogP contribution in [-0.2, 0) is 13.1 Å². The van der Waals surface area contributed by atoms with E-state index in [1.807, 2.05) is 13.0 Å². The molecular formula is C15H23FN2O. The summed E-state index contributed by atoms with van der Waals surface area (Å²) in [7, 11) is 0. The quantitative estimate of drug-likeness (QED) is 0.880. The highest BCUT2D eigenvalue weighted by Gasteiger charge is 2.25. The average molecular weight is 266 g/mol. The van der Waals surface area contributed by atoms with E-state index in [1.54, 1.807) is 0 Å². The third-order valence-corrected chi connectivity index (χ3v) is 3.94. The van der Waals surface area contributed by atoms with Crippen LogP contribution in [0.1, 0.15) is 37.3 Å². The van der Waals surface area contributed by atoms with Crippen molar-refractivity contribution in [2.24, 2.45) is 5.73 Å². The molecule has 3 N–H and O–H groups in total. The number of hydrogen-bond donors (Lipinski definition) is 2. The lowest BCUT2D eigenvalue weighted by Crippen LogP contribution is -2.28. The molecule has 0 saturated carbocycles. The Morgan fingerprint density at radius 1 is 1.32 bits per heavy atom. The monoisotopic (exact) mass is 266 g/mol. The molecule has 1 atom stereocenters. The molecule has 1 heterocycles. The molecule has 1 fully saturated rings. The lowest BCUT2D eigenvalue weighted by molar-refractivity contribution is 0.0444. The van der Waals surface area contributed by atoms with Crippen molar-refractivity contribution < 1.29 is 9.50 Å². The van der Waals surface area contributed by atoms with Gasteiger partial charge in [0.2, 0.25) is 0 Å². The Labute approximate surface area is 114 Å². The normalized spacial score (nSPS) is 25.3. The zero-order valence-electron chi connectivity index (χ0n) is 11.5. The van der Waals surface area contributed by atoms with Crippen LogP contribution in [0.5, 0.6) is 0 Å². The number of rotatable bonds is 3. The van der Waals surface area contributed by atoms with Crippen molar-refractivity contribution in [3.8, 4) is 0 Å². The molecule has 1 saturated heterocycles. The molecule has 1 aliphatic heterocycles. The first-order chi connectivity index (χ1) is 9.00. The van der Waals surface area contributed by atoms with E-state index in [4.69, 9.17) is 5.73 Å². The summed E-state index contributed by atoms with van der Waals surface area (Å²) < 4.78 is 13.2. The van der Waals surface area contributed by atoms with Crippen LogP contribution in [0.2, 0.25) is 0 Å². The molecule has 0 spiro atoms. The van der Waals surface area contributed by atoms with Gasteiger partial charge in [0, 0.05) is 19.6 Å². The lowest BCUT2D eigenvalue weighted by Gasteiger charge is -2.23. The Balaban J connectivity index is 2.05. The number of benzene rings is 1. The first-order valence-corrected chi connectivity index (χ1v) is 6.92. The summed E-state index contributed by atoms with van der Waals surface area (Å²) in [6.45, 7) is 4.88. The molecule has 0 radical (unpaired) electrons. The van der Waals surface area contributed by atoms with E-state index in [0.29, 0.717) is 6.54 Å². The molecule has 106 valence electrons. The average Bonchev–Trinajstić information content (AvgIpc) is 2.53. The van der Waals surface area contributed by atoms with E-state index in [9.17, 15) is 9.50 Å². The zero-order valence-corrected chi connectivity index (χ0v) is 11.5. The van der Waals surface area contributed by atoms with Crippen LogP contribution >= 0.6 is 0 Å². The van der Waals surface area contributed by atoms with Crippen molar-refractivity contribution in [3.63, 3.8) is 0 Å². The minimum absolute atomic E-state index is 0.233. The molecular weight excluding hydrogens is 243 g/mol. The van der Waals surface area contributed by atoms with Crippen molar-refractivity contribution >= 4 is 0 Å². The summed E-state index contributed by atoms with van der Waals surface area (Å²) in [6.07, 6.45) is 2.62. The largest absolute Gasteiger partial charge is 0.390 e. The van der Waals surface area contributed by atoms with Gasteiger partial charge in [0.25, 0.3) is 0 Å². The van der Waals surface area contributed by atoms with Gasteiger partial charge in [-0.1, -0.05) is 6.07 Å². The van der Waals surface area contributed by atoms with Gasteiger partial charge in [-0.3, -0.25) is 4.90 Å². The van der Waals surface area contributed by atoms with E-state index in [-0.39, 0.29) is 5.82 Å². The van der Waals surface area contributed by atoms with E-state index < -0.39 is 5.60 Å². The van der Waals surface area contributed by atoms with Crippen molar-refractivity contribution in [1.82, 2.24) is 4.90 Å². The molecule has 1 unspecified atom stereocenters. The van der Waals surface area contributed by atoms with Crippen molar-refractivity contribution in [1.29, 1.82) is 0 Å². The fraction of sp³-hybridized carbons (Fsp3) is 0.600. The van der Waals surface area contributed by atoms with Crippen molar-refractivity contribution in [2.75, 3.05) is 13.1 Å². The minimum Gasteiger partial charge on any atom is -0.390 e. The van der Waals surface area contributed by atoms with Gasteiger partial charge in [0.05, 0.1) is 5.60 Å². The van der Waals surface area contributed by atoms with Gasteiger partial charge in [-0.2, -0.15) is 0 Å². The maximum absolute atomic E-state index is 13.2. The van der Waals surface area contributed by atoms with Gasteiger partial charge in [-0.25, -0.2) is 4.39 Å². The highest BCUT2D eigenvalue weighted by Crippen LogP contribution is 2.23. The van der Waals surface area contributed by atoms with Crippen molar-refractivity contribution in [3.05, 3.63) is 35.1 Å². The second-order valence-electron chi connectivity index (χ2n) is 5.74. The summed E-state index contributed by atoms with van der Waals surface area (Å²) >= 11 is 0. The van der Waals surface area contributed by atoms with Gasteiger partial charge < -0.3 is 10.8 Å². The first-order valence-electron chi connectivity index (χ1n) is 6.92. The predicted octanol–water partition coefficient (Wildman–Crippen LogP) is 2.02. The fourth-order valence-electron chi connectivity index (χ4n) is 2.66. The predicted molar refractivity (Wildman–Crippen MR) is 74.0 cm³/mol. The van der Waals surface area contributed by atoms with Crippen LogP contribution < -0.4 is 5.73 Å². The Bertz CT molecular complexity index is 434.